The molecule has 0 saturated heterocycles. The first-order valence-electron chi connectivity index (χ1n) is 4.82. The number of methoxy groups -OCH3 is 1. The zero-order valence-electron chi connectivity index (χ0n) is 9.28. The Labute approximate surface area is 89.9 Å². The van der Waals surface area contributed by atoms with Crippen molar-refractivity contribution in [3.8, 4) is 5.75 Å². The van der Waals surface area contributed by atoms with E-state index in [0.717, 1.165) is 11.4 Å². The van der Waals surface area contributed by atoms with Crippen LogP contribution in [0.4, 0.5) is 5.69 Å². The van der Waals surface area contributed by atoms with Gasteiger partial charge in [-0.3, -0.25) is 4.79 Å². The van der Waals surface area contributed by atoms with Crippen molar-refractivity contribution in [2.45, 2.75) is 13.8 Å². The number of hydrogen-bond acceptors (Lipinski definition) is 3. The van der Waals surface area contributed by atoms with Gasteiger partial charge in [0.25, 0.3) is 0 Å². The molecule has 0 heterocycles. The average molecular weight is 211 g/mol. The third kappa shape index (κ3) is 5.57. The minimum Gasteiger partial charge on any atom is -0.497 e. The van der Waals surface area contributed by atoms with Crippen LogP contribution in [0.15, 0.2) is 24.3 Å². The predicted octanol–water partition coefficient (Wildman–Crippen LogP) is 2.22. The first-order valence-corrected chi connectivity index (χ1v) is 4.82. The van der Waals surface area contributed by atoms with E-state index < -0.39 is 5.97 Å². The Morgan fingerprint density at radius 3 is 2.27 bits per heavy atom. The normalized spacial score (nSPS) is 8.47. The molecule has 2 N–H and O–H groups in total. The Kier molecular flexibility index (Phi) is 6.80. The molecule has 1 aromatic carbocycles. The van der Waals surface area contributed by atoms with Crippen molar-refractivity contribution in [2.24, 2.45) is 0 Å². The Morgan fingerprint density at radius 2 is 1.87 bits per heavy atom. The standard InChI is InChI=1S/C9H11NO3.C2H6/c1-13-8-4-2-7(3-5-8)10-6-9(11)12;1-2/h2-5,10H,6H2,1H3,(H,11,12);1-2H3. The van der Waals surface area contributed by atoms with Gasteiger partial charge in [0.05, 0.1) is 7.11 Å². The van der Waals surface area contributed by atoms with Crippen LogP contribution in [0.1, 0.15) is 13.8 Å². The number of anilines is 1. The lowest BCUT2D eigenvalue weighted by Crippen LogP contribution is -2.11. The van der Waals surface area contributed by atoms with Crippen LogP contribution < -0.4 is 10.1 Å². The van der Waals surface area contributed by atoms with Crippen LogP contribution in [-0.2, 0) is 4.79 Å². The molecule has 15 heavy (non-hydrogen) atoms. The van der Waals surface area contributed by atoms with Gasteiger partial charge in [-0.15, -0.1) is 0 Å². The molecule has 0 aliphatic carbocycles. The number of carboxylic acids is 1. The minimum absolute atomic E-state index is 0.0771. The van der Waals surface area contributed by atoms with Crippen molar-refractivity contribution in [3.05, 3.63) is 24.3 Å². The molecule has 0 fully saturated rings. The number of ether oxygens (including phenoxy) is 1. The largest absolute Gasteiger partial charge is 0.497 e. The Morgan fingerprint density at radius 1 is 1.33 bits per heavy atom. The summed E-state index contributed by atoms with van der Waals surface area (Å²) in [4.78, 5) is 10.2. The highest BCUT2D eigenvalue weighted by Gasteiger charge is 1.96. The van der Waals surface area contributed by atoms with Gasteiger partial charge in [0.2, 0.25) is 0 Å². The Hall–Kier alpha value is -1.71. The molecule has 0 aliphatic heterocycles. The first-order chi connectivity index (χ1) is 7.22. The summed E-state index contributed by atoms with van der Waals surface area (Å²) in [6, 6.07) is 7.07. The number of aliphatic carboxylic acids is 1. The smallest absolute Gasteiger partial charge is 0.322 e. The molecule has 0 atom stereocenters. The zero-order chi connectivity index (χ0) is 11.7. The van der Waals surface area contributed by atoms with Crippen LogP contribution in [0.5, 0.6) is 5.75 Å². The van der Waals surface area contributed by atoms with Crippen LogP contribution in [0.2, 0.25) is 0 Å². The van der Waals surface area contributed by atoms with Crippen LogP contribution in [0, 0.1) is 0 Å². The number of nitrogens with one attached hydrogen (secondary N) is 1. The highest BCUT2D eigenvalue weighted by molar-refractivity contribution is 5.72. The lowest BCUT2D eigenvalue weighted by Gasteiger charge is -2.03. The maximum atomic E-state index is 10.2. The molecule has 0 aromatic heterocycles. The summed E-state index contributed by atoms with van der Waals surface area (Å²) >= 11 is 0. The second-order valence-electron chi connectivity index (χ2n) is 2.48. The molecule has 84 valence electrons. The zero-order valence-corrected chi connectivity index (χ0v) is 9.28. The van der Waals surface area contributed by atoms with E-state index in [0.29, 0.717) is 0 Å². The first kappa shape index (κ1) is 13.3. The summed E-state index contributed by atoms with van der Waals surface area (Å²) < 4.78 is 4.95. The van der Waals surface area contributed by atoms with Crippen LogP contribution in [0.25, 0.3) is 0 Å². The number of benzene rings is 1. The maximum Gasteiger partial charge on any atom is 0.322 e. The van der Waals surface area contributed by atoms with Crippen LogP contribution >= 0.6 is 0 Å². The molecular weight excluding hydrogens is 194 g/mol. The van der Waals surface area contributed by atoms with Crippen molar-refractivity contribution in [1.29, 1.82) is 0 Å². The van der Waals surface area contributed by atoms with Crippen molar-refractivity contribution in [3.63, 3.8) is 0 Å². The fourth-order valence-corrected chi connectivity index (χ4v) is 0.887. The molecule has 0 radical (unpaired) electrons. The summed E-state index contributed by atoms with van der Waals surface area (Å²) in [7, 11) is 1.58. The predicted molar refractivity (Wildman–Crippen MR) is 60.5 cm³/mol. The van der Waals surface area contributed by atoms with E-state index in [4.69, 9.17) is 9.84 Å². The average Bonchev–Trinajstić information content (AvgIpc) is 2.30. The number of carboxylic acid groups (broad SMARTS) is 1. The van der Waals surface area contributed by atoms with Gasteiger partial charge >= 0.3 is 5.97 Å². The molecular formula is C11H17NO3. The monoisotopic (exact) mass is 211 g/mol. The van der Waals surface area contributed by atoms with Crippen molar-refractivity contribution in [2.75, 3.05) is 19.0 Å². The second kappa shape index (κ2) is 7.67. The Bertz CT molecular complexity index is 282. The van der Waals surface area contributed by atoms with E-state index in [1.54, 1.807) is 31.4 Å². The molecule has 0 aliphatic rings. The molecule has 0 amide bonds. The quantitative estimate of drug-likeness (QED) is 0.801. The van der Waals surface area contributed by atoms with Crippen molar-refractivity contribution < 1.29 is 14.6 Å². The van der Waals surface area contributed by atoms with Gasteiger partial charge in [0.15, 0.2) is 0 Å². The van der Waals surface area contributed by atoms with E-state index in [9.17, 15) is 4.79 Å². The minimum atomic E-state index is -0.879. The maximum absolute atomic E-state index is 10.2. The summed E-state index contributed by atoms with van der Waals surface area (Å²) in [5.74, 6) is -0.128. The lowest BCUT2D eigenvalue weighted by molar-refractivity contribution is -0.134. The molecule has 4 heteroatoms. The fraction of sp³-hybridized carbons (Fsp3) is 0.364. The van der Waals surface area contributed by atoms with Gasteiger partial charge in [0.1, 0.15) is 12.3 Å². The second-order valence-corrected chi connectivity index (χ2v) is 2.48. The molecule has 0 unspecified atom stereocenters. The van der Waals surface area contributed by atoms with Gasteiger partial charge < -0.3 is 15.2 Å². The fourth-order valence-electron chi connectivity index (χ4n) is 0.887. The van der Waals surface area contributed by atoms with Crippen molar-refractivity contribution >= 4 is 11.7 Å². The molecule has 1 rings (SSSR count). The third-order valence-corrected chi connectivity index (χ3v) is 1.53. The van der Waals surface area contributed by atoms with Crippen molar-refractivity contribution in [1.82, 2.24) is 0 Å². The van der Waals surface area contributed by atoms with E-state index in [1.165, 1.54) is 0 Å². The van der Waals surface area contributed by atoms with E-state index in [1.807, 2.05) is 13.8 Å². The topological polar surface area (TPSA) is 58.6 Å². The van der Waals surface area contributed by atoms with E-state index in [2.05, 4.69) is 5.32 Å². The van der Waals surface area contributed by atoms with Gasteiger partial charge in [-0.05, 0) is 24.3 Å². The van der Waals surface area contributed by atoms with Crippen LogP contribution in [0.3, 0.4) is 0 Å². The summed E-state index contributed by atoms with van der Waals surface area (Å²) in [5.41, 5.74) is 0.767. The lowest BCUT2D eigenvalue weighted by atomic mass is 10.3. The van der Waals surface area contributed by atoms with E-state index in [-0.39, 0.29) is 6.54 Å². The summed E-state index contributed by atoms with van der Waals surface area (Å²) in [6.07, 6.45) is 0. The number of rotatable bonds is 4. The summed E-state index contributed by atoms with van der Waals surface area (Å²) in [6.45, 7) is 3.92. The highest BCUT2D eigenvalue weighted by Crippen LogP contribution is 2.14. The molecule has 0 saturated carbocycles. The van der Waals surface area contributed by atoms with E-state index >= 15 is 0 Å². The number of hydrogen-bond donors (Lipinski definition) is 2. The molecule has 4 nitrogen and oxygen atoms in total. The third-order valence-electron chi connectivity index (χ3n) is 1.53. The van der Waals surface area contributed by atoms with Crippen LogP contribution in [-0.4, -0.2) is 24.7 Å². The highest BCUT2D eigenvalue weighted by atomic mass is 16.5. The SMILES string of the molecule is CC.COc1ccc(NCC(=O)O)cc1. The molecule has 0 spiro atoms. The molecule has 1 aromatic rings. The van der Waals surface area contributed by atoms with Gasteiger partial charge in [0, 0.05) is 5.69 Å². The Balaban J connectivity index is 0.000000921. The van der Waals surface area contributed by atoms with Gasteiger partial charge in [-0.25, -0.2) is 0 Å². The molecule has 0 bridgehead atoms. The summed E-state index contributed by atoms with van der Waals surface area (Å²) in [5, 5.41) is 11.1. The van der Waals surface area contributed by atoms with Gasteiger partial charge in [-0.2, -0.15) is 0 Å². The number of carbonyl (C=O) groups is 1. The van der Waals surface area contributed by atoms with Gasteiger partial charge in [-0.1, -0.05) is 13.8 Å².